The number of aryl methyl sites for hydroxylation is 2. The molecule has 3 aromatic rings. The summed E-state index contributed by atoms with van der Waals surface area (Å²) in [6.45, 7) is 4.86. The number of hydrogen-bond donors (Lipinski definition) is 3. The molecule has 0 saturated carbocycles. The lowest BCUT2D eigenvalue weighted by Gasteiger charge is -2.10. The highest BCUT2D eigenvalue weighted by molar-refractivity contribution is 7.90. The first-order chi connectivity index (χ1) is 14.6. The van der Waals surface area contributed by atoms with E-state index in [-0.39, 0.29) is 10.8 Å². The van der Waals surface area contributed by atoms with Crippen LogP contribution in [0.2, 0.25) is 0 Å². The van der Waals surface area contributed by atoms with E-state index in [1.54, 1.807) is 24.3 Å². The fourth-order valence-electron chi connectivity index (χ4n) is 2.82. The van der Waals surface area contributed by atoms with Gasteiger partial charge in [0.15, 0.2) is 0 Å². The van der Waals surface area contributed by atoms with Crippen molar-refractivity contribution in [3.8, 4) is 0 Å². The third-order valence-electron chi connectivity index (χ3n) is 4.06. The quantitative estimate of drug-likeness (QED) is 0.538. The predicted molar refractivity (Wildman–Crippen MR) is 117 cm³/mol. The van der Waals surface area contributed by atoms with Crippen LogP contribution in [0.3, 0.4) is 0 Å². The van der Waals surface area contributed by atoms with Gasteiger partial charge in [0.05, 0.1) is 4.90 Å². The van der Waals surface area contributed by atoms with Crippen molar-refractivity contribution in [2.45, 2.75) is 25.7 Å². The lowest BCUT2D eigenvalue weighted by atomic mass is 10.2. The van der Waals surface area contributed by atoms with E-state index in [0.717, 1.165) is 18.3 Å². The molecule has 31 heavy (non-hydrogen) atoms. The van der Waals surface area contributed by atoms with Crippen LogP contribution in [-0.4, -0.2) is 30.2 Å². The smallest absolute Gasteiger partial charge is 0.264 e. The molecule has 2 aromatic carbocycles. The number of hydrogen-bond acceptors (Lipinski definition) is 7. The standard InChI is InChI=1S/C21H21N5O4S/c1-13-11-14(2)23-21(22-13)25-18-6-4-5-16(12-18)20(28)24-17-7-9-19(10-8-17)31(29,30)26-15(3)27/h4-12H,1-3H3,(H,24,28)(H,26,27)(H,22,23,25). The lowest BCUT2D eigenvalue weighted by Crippen LogP contribution is -2.28. The highest BCUT2D eigenvalue weighted by Gasteiger charge is 2.15. The number of carbonyl (C=O) groups is 2. The summed E-state index contributed by atoms with van der Waals surface area (Å²) in [6.07, 6.45) is 0. The second kappa shape index (κ2) is 8.92. The Kier molecular flexibility index (Phi) is 6.30. The first-order valence-corrected chi connectivity index (χ1v) is 10.7. The minimum atomic E-state index is -3.93. The highest BCUT2D eigenvalue weighted by atomic mass is 32.2. The van der Waals surface area contributed by atoms with Crippen molar-refractivity contribution in [2.24, 2.45) is 0 Å². The van der Waals surface area contributed by atoms with Crippen LogP contribution < -0.4 is 15.4 Å². The average molecular weight is 439 g/mol. The Morgan fingerprint density at radius 2 is 1.52 bits per heavy atom. The Balaban J connectivity index is 1.72. The van der Waals surface area contributed by atoms with Crippen molar-refractivity contribution in [1.29, 1.82) is 0 Å². The molecule has 2 amide bonds. The Morgan fingerprint density at radius 3 is 2.13 bits per heavy atom. The molecule has 0 fully saturated rings. The van der Waals surface area contributed by atoms with Gasteiger partial charge in [-0.15, -0.1) is 0 Å². The van der Waals surface area contributed by atoms with Gasteiger partial charge in [0.1, 0.15) is 0 Å². The summed E-state index contributed by atoms with van der Waals surface area (Å²) in [5.74, 6) is -0.620. The minimum Gasteiger partial charge on any atom is -0.324 e. The van der Waals surface area contributed by atoms with Gasteiger partial charge in [-0.25, -0.2) is 23.1 Å². The van der Waals surface area contributed by atoms with Gasteiger partial charge in [-0.2, -0.15) is 0 Å². The van der Waals surface area contributed by atoms with E-state index in [2.05, 4.69) is 20.6 Å². The molecule has 0 radical (unpaired) electrons. The molecule has 0 saturated heterocycles. The van der Waals surface area contributed by atoms with Gasteiger partial charge < -0.3 is 10.6 Å². The molecule has 0 spiro atoms. The molecule has 0 aliphatic carbocycles. The maximum atomic E-state index is 12.6. The van der Waals surface area contributed by atoms with Crippen LogP contribution in [0.15, 0.2) is 59.5 Å². The van der Waals surface area contributed by atoms with Gasteiger partial charge >= 0.3 is 0 Å². The summed E-state index contributed by atoms with van der Waals surface area (Å²) in [6, 6.07) is 14.2. The molecule has 1 heterocycles. The monoisotopic (exact) mass is 439 g/mol. The lowest BCUT2D eigenvalue weighted by molar-refractivity contribution is -0.117. The van der Waals surface area contributed by atoms with E-state index < -0.39 is 15.9 Å². The number of rotatable bonds is 6. The molecule has 0 bridgehead atoms. The number of nitrogens with zero attached hydrogens (tertiary/aromatic N) is 2. The van der Waals surface area contributed by atoms with Crippen LogP contribution in [0, 0.1) is 13.8 Å². The Hall–Kier alpha value is -3.79. The predicted octanol–water partition coefficient (Wildman–Crippen LogP) is 2.91. The molecule has 0 aliphatic heterocycles. The van der Waals surface area contributed by atoms with E-state index in [4.69, 9.17) is 0 Å². The van der Waals surface area contributed by atoms with Gasteiger partial charge in [-0.05, 0) is 62.4 Å². The first-order valence-electron chi connectivity index (χ1n) is 9.26. The second-order valence-electron chi connectivity index (χ2n) is 6.82. The van der Waals surface area contributed by atoms with E-state index in [9.17, 15) is 18.0 Å². The van der Waals surface area contributed by atoms with E-state index in [1.807, 2.05) is 24.6 Å². The van der Waals surface area contributed by atoms with Gasteiger partial charge in [0, 0.05) is 35.2 Å². The average Bonchev–Trinajstić information content (AvgIpc) is 2.67. The maximum Gasteiger partial charge on any atom is 0.264 e. The highest BCUT2D eigenvalue weighted by Crippen LogP contribution is 2.18. The van der Waals surface area contributed by atoms with Gasteiger partial charge in [0.25, 0.3) is 15.9 Å². The minimum absolute atomic E-state index is 0.0830. The number of amides is 2. The van der Waals surface area contributed by atoms with Crippen molar-refractivity contribution in [2.75, 3.05) is 10.6 Å². The topological polar surface area (TPSA) is 130 Å². The van der Waals surface area contributed by atoms with Crippen LogP contribution in [0.1, 0.15) is 28.7 Å². The zero-order chi connectivity index (χ0) is 22.6. The summed E-state index contributed by atoms with van der Waals surface area (Å²) in [4.78, 5) is 32.2. The third kappa shape index (κ3) is 5.86. The summed E-state index contributed by atoms with van der Waals surface area (Å²) < 4.78 is 25.9. The number of anilines is 3. The maximum absolute atomic E-state index is 12.6. The second-order valence-corrected chi connectivity index (χ2v) is 8.50. The largest absolute Gasteiger partial charge is 0.324 e. The Morgan fingerprint density at radius 1 is 0.871 bits per heavy atom. The van der Waals surface area contributed by atoms with Crippen molar-refractivity contribution in [3.63, 3.8) is 0 Å². The van der Waals surface area contributed by atoms with Crippen LogP contribution in [0.4, 0.5) is 17.3 Å². The zero-order valence-electron chi connectivity index (χ0n) is 17.1. The molecule has 0 atom stereocenters. The number of benzene rings is 2. The molecule has 9 nitrogen and oxygen atoms in total. The van der Waals surface area contributed by atoms with Crippen LogP contribution in [0.5, 0.6) is 0 Å². The van der Waals surface area contributed by atoms with E-state index in [0.29, 0.717) is 22.9 Å². The number of aromatic nitrogens is 2. The molecule has 3 N–H and O–H groups in total. The van der Waals surface area contributed by atoms with Gasteiger partial charge in [-0.1, -0.05) is 6.07 Å². The van der Waals surface area contributed by atoms with Gasteiger partial charge in [-0.3, -0.25) is 9.59 Å². The molecular weight excluding hydrogens is 418 g/mol. The summed E-state index contributed by atoms with van der Waals surface area (Å²) in [5.41, 5.74) is 3.10. The molecule has 0 unspecified atom stereocenters. The van der Waals surface area contributed by atoms with Crippen molar-refractivity contribution in [3.05, 3.63) is 71.5 Å². The summed E-state index contributed by atoms with van der Waals surface area (Å²) in [5, 5.41) is 5.79. The third-order valence-corrected chi connectivity index (χ3v) is 5.51. The van der Waals surface area contributed by atoms with Crippen LogP contribution >= 0.6 is 0 Å². The molecule has 0 aliphatic rings. The first kappa shape index (κ1) is 21.9. The Bertz CT molecular complexity index is 1220. The van der Waals surface area contributed by atoms with Crippen molar-refractivity contribution < 1.29 is 18.0 Å². The molecule has 10 heteroatoms. The molecule has 3 rings (SSSR count). The normalized spacial score (nSPS) is 10.9. The van der Waals surface area contributed by atoms with E-state index in [1.165, 1.54) is 24.3 Å². The summed E-state index contributed by atoms with van der Waals surface area (Å²) in [7, 11) is -3.93. The van der Waals surface area contributed by atoms with E-state index >= 15 is 0 Å². The Labute approximate surface area is 180 Å². The zero-order valence-corrected chi connectivity index (χ0v) is 17.9. The van der Waals surface area contributed by atoms with Crippen LogP contribution in [-0.2, 0) is 14.8 Å². The molecule has 160 valence electrons. The molecular formula is C21H21N5O4S. The number of sulfonamides is 1. The summed E-state index contributed by atoms with van der Waals surface area (Å²) >= 11 is 0. The van der Waals surface area contributed by atoms with Crippen LogP contribution in [0.25, 0.3) is 0 Å². The number of carbonyl (C=O) groups excluding carboxylic acids is 2. The van der Waals surface area contributed by atoms with Crippen molar-refractivity contribution >= 4 is 39.2 Å². The SMILES string of the molecule is CC(=O)NS(=O)(=O)c1ccc(NC(=O)c2cccc(Nc3nc(C)cc(C)n3)c2)cc1. The van der Waals surface area contributed by atoms with Crippen molar-refractivity contribution in [1.82, 2.24) is 14.7 Å². The molecule has 1 aromatic heterocycles. The number of nitrogens with one attached hydrogen (secondary N) is 3. The fourth-order valence-corrected chi connectivity index (χ4v) is 3.81. The fraction of sp³-hybridized carbons (Fsp3) is 0.143. The van der Waals surface area contributed by atoms with Gasteiger partial charge in [0.2, 0.25) is 11.9 Å².